The first-order chi connectivity index (χ1) is 9.37. The van der Waals surface area contributed by atoms with Gasteiger partial charge in [0, 0.05) is 6.54 Å². The number of epoxide rings is 1. The number of hydrogen-bond donors (Lipinski definition) is 0. The minimum atomic E-state index is -3.53. The van der Waals surface area contributed by atoms with Crippen LogP contribution in [0.2, 0.25) is 0 Å². The van der Waals surface area contributed by atoms with E-state index >= 15 is 0 Å². The van der Waals surface area contributed by atoms with Crippen molar-refractivity contribution in [2.75, 3.05) is 19.7 Å². The SMILES string of the molecule is CC#CCN(CC1(C)CO1)S(=O)(=O)c1ccc(C)cc1. The first kappa shape index (κ1) is 15.0. The number of benzene rings is 1. The number of aryl methyl sites for hydroxylation is 1. The molecular formula is C15H19NO3S. The molecule has 20 heavy (non-hydrogen) atoms. The molecule has 4 nitrogen and oxygen atoms in total. The maximum absolute atomic E-state index is 12.7. The topological polar surface area (TPSA) is 49.9 Å². The monoisotopic (exact) mass is 293 g/mol. The van der Waals surface area contributed by atoms with E-state index in [4.69, 9.17) is 4.74 Å². The zero-order chi connectivity index (χ0) is 14.8. The maximum Gasteiger partial charge on any atom is 0.244 e. The molecule has 1 atom stereocenters. The third-order valence-electron chi connectivity index (χ3n) is 3.24. The van der Waals surface area contributed by atoms with Gasteiger partial charge in [-0.1, -0.05) is 23.6 Å². The van der Waals surface area contributed by atoms with Gasteiger partial charge in [0.1, 0.15) is 5.60 Å². The highest BCUT2D eigenvalue weighted by Crippen LogP contribution is 2.29. The molecule has 5 heteroatoms. The Kier molecular flexibility index (Phi) is 4.19. The van der Waals surface area contributed by atoms with Crippen LogP contribution in [0.4, 0.5) is 0 Å². The van der Waals surface area contributed by atoms with Crippen molar-refractivity contribution in [3.8, 4) is 11.8 Å². The molecular weight excluding hydrogens is 274 g/mol. The molecule has 2 rings (SSSR count). The van der Waals surface area contributed by atoms with Gasteiger partial charge in [-0.25, -0.2) is 8.42 Å². The quantitative estimate of drug-likeness (QED) is 0.614. The fourth-order valence-corrected chi connectivity index (χ4v) is 3.30. The lowest BCUT2D eigenvalue weighted by molar-refractivity contribution is 0.274. The molecule has 0 saturated carbocycles. The molecule has 0 spiro atoms. The van der Waals surface area contributed by atoms with Crippen molar-refractivity contribution in [2.24, 2.45) is 0 Å². The Balaban J connectivity index is 2.29. The second kappa shape index (κ2) is 5.57. The summed E-state index contributed by atoms with van der Waals surface area (Å²) in [5.41, 5.74) is 0.661. The highest BCUT2D eigenvalue weighted by molar-refractivity contribution is 7.89. The number of hydrogen-bond acceptors (Lipinski definition) is 3. The van der Waals surface area contributed by atoms with Gasteiger partial charge in [-0.05, 0) is 32.9 Å². The van der Waals surface area contributed by atoms with Crippen LogP contribution in [-0.4, -0.2) is 38.0 Å². The van der Waals surface area contributed by atoms with E-state index < -0.39 is 10.0 Å². The summed E-state index contributed by atoms with van der Waals surface area (Å²) in [5, 5.41) is 0. The smallest absolute Gasteiger partial charge is 0.244 e. The van der Waals surface area contributed by atoms with Crippen molar-refractivity contribution in [3.05, 3.63) is 29.8 Å². The van der Waals surface area contributed by atoms with E-state index in [1.807, 2.05) is 13.8 Å². The Bertz CT molecular complexity index is 634. The molecule has 0 amide bonds. The van der Waals surface area contributed by atoms with E-state index in [9.17, 15) is 8.42 Å². The van der Waals surface area contributed by atoms with Gasteiger partial charge in [0.25, 0.3) is 0 Å². The van der Waals surface area contributed by atoms with Crippen LogP contribution >= 0.6 is 0 Å². The average molecular weight is 293 g/mol. The second-order valence-corrected chi connectivity index (χ2v) is 7.19. The lowest BCUT2D eigenvalue weighted by atomic mass is 10.2. The lowest BCUT2D eigenvalue weighted by Gasteiger charge is -2.21. The van der Waals surface area contributed by atoms with Crippen molar-refractivity contribution in [3.63, 3.8) is 0 Å². The molecule has 108 valence electrons. The summed E-state index contributed by atoms with van der Waals surface area (Å²) in [6.45, 7) is 6.64. The number of rotatable bonds is 5. The van der Waals surface area contributed by atoms with Gasteiger partial charge in [0.05, 0.1) is 18.0 Å². The number of sulfonamides is 1. The van der Waals surface area contributed by atoms with Crippen LogP contribution in [0.25, 0.3) is 0 Å². The third kappa shape index (κ3) is 3.40. The molecule has 1 saturated heterocycles. The van der Waals surface area contributed by atoms with E-state index in [0.29, 0.717) is 18.0 Å². The molecule has 1 heterocycles. The van der Waals surface area contributed by atoms with Gasteiger partial charge < -0.3 is 4.74 Å². The summed E-state index contributed by atoms with van der Waals surface area (Å²) in [6, 6.07) is 6.86. The number of nitrogens with zero attached hydrogens (tertiary/aromatic N) is 1. The summed E-state index contributed by atoms with van der Waals surface area (Å²) < 4.78 is 32.0. The predicted molar refractivity (Wildman–Crippen MR) is 77.7 cm³/mol. The Morgan fingerprint density at radius 2 is 1.95 bits per heavy atom. The average Bonchev–Trinajstić information content (AvgIpc) is 3.13. The zero-order valence-corrected chi connectivity index (χ0v) is 12.8. The van der Waals surface area contributed by atoms with Gasteiger partial charge in [-0.15, -0.1) is 5.92 Å². The maximum atomic E-state index is 12.7. The van der Waals surface area contributed by atoms with Gasteiger partial charge in [-0.2, -0.15) is 4.31 Å². The Morgan fingerprint density at radius 1 is 1.35 bits per heavy atom. The summed E-state index contributed by atoms with van der Waals surface area (Å²) in [4.78, 5) is 0.297. The Morgan fingerprint density at radius 3 is 2.45 bits per heavy atom. The second-order valence-electron chi connectivity index (χ2n) is 5.25. The van der Waals surface area contributed by atoms with E-state index in [2.05, 4.69) is 11.8 Å². The van der Waals surface area contributed by atoms with Gasteiger partial charge >= 0.3 is 0 Å². The highest BCUT2D eigenvalue weighted by Gasteiger charge is 2.43. The van der Waals surface area contributed by atoms with Gasteiger partial charge in [0.2, 0.25) is 10.0 Å². The van der Waals surface area contributed by atoms with Crippen molar-refractivity contribution in [1.82, 2.24) is 4.31 Å². The van der Waals surface area contributed by atoms with E-state index in [1.165, 1.54) is 4.31 Å². The van der Waals surface area contributed by atoms with Gasteiger partial charge in [0.15, 0.2) is 0 Å². The van der Waals surface area contributed by atoms with E-state index in [-0.39, 0.29) is 12.1 Å². The minimum Gasteiger partial charge on any atom is -0.368 e. The summed E-state index contributed by atoms with van der Waals surface area (Å²) >= 11 is 0. The molecule has 1 fully saturated rings. The van der Waals surface area contributed by atoms with Crippen LogP contribution in [0.5, 0.6) is 0 Å². The van der Waals surface area contributed by atoms with Crippen LogP contribution < -0.4 is 0 Å². The first-order valence-corrected chi connectivity index (χ1v) is 7.92. The Labute approximate surface area is 120 Å². The molecule has 0 radical (unpaired) electrons. The zero-order valence-electron chi connectivity index (χ0n) is 12.0. The van der Waals surface area contributed by atoms with Crippen LogP contribution in [0.15, 0.2) is 29.2 Å². The third-order valence-corrected chi connectivity index (χ3v) is 5.04. The molecule has 0 aromatic heterocycles. The Hall–Kier alpha value is -1.35. The van der Waals surface area contributed by atoms with Crippen LogP contribution in [0.1, 0.15) is 19.4 Å². The molecule has 1 aromatic carbocycles. The van der Waals surface area contributed by atoms with Crippen LogP contribution in [-0.2, 0) is 14.8 Å². The van der Waals surface area contributed by atoms with Crippen molar-refractivity contribution < 1.29 is 13.2 Å². The van der Waals surface area contributed by atoms with Crippen LogP contribution in [0.3, 0.4) is 0 Å². The molecule has 0 bridgehead atoms. The first-order valence-electron chi connectivity index (χ1n) is 6.48. The highest BCUT2D eigenvalue weighted by atomic mass is 32.2. The minimum absolute atomic E-state index is 0.186. The van der Waals surface area contributed by atoms with Crippen molar-refractivity contribution in [2.45, 2.75) is 31.3 Å². The normalized spacial score (nSPS) is 21.4. The fourth-order valence-electron chi connectivity index (χ4n) is 1.84. The molecule has 1 unspecified atom stereocenters. The summed E-state index contributed by atoms with van der Waals surface area (Å²) in [6.07, 6.45) is 0. The standard InChI is InChI=1S/C15H19NO3S/c1-4-5-10-16(11-15(3)12-19-15)20(17,18)14-8-6-13(2)7-9-14/h6-9H,10-12H2,1-3H3. The van der Waals surface area contributed by atoms with Gasteiger partial charge in [-0.3, -0.25) is 0 Å². The fraction of sp³-hybridized carbons (Fsp3) is 0.467. The summed E-state index contributed by atoms with van der Waals surface area (Å²) in [5.74, 6) is 5.57. The number of ether oxygens (including phenoxy) is 1. The van der Waals surface area contributed by atoms with E-state index in [1.54, 1.807) is 31.2 Å². The van der Waals surface area contributed by atoms with Crippen molar-refractivity contribution in [1.29, 1.82) is 0 Å². The summed E-state index contributed by atoms with van der Waals surface area (Å²) in [7, 11) is -3.53. The molecule has 0 N–H and O–H groups in total. The van der Waals surface area contributed by atoms with E-state index in [0.717, 1.165) is 5.56 Å². The molecule has 1 aliphatic rings. The molecule has 0 aliphatic carbocycles. The van der Waals surface area contributed by atoms with Crippen LogP contribution in [0, 0.1) is 18.8 Å². The molecule has 1 aromatic rings. The lowest BCUT2D eigenvalue weighted by Crippen LogP contribution is -2.38. The predicted octanol–water partition coefficient (Wildman–Crippen LogP) is 1.80. The van der Waals surface area contributed by atoms with Crippen molar-refractivity contribution >= 4 is 10.0 Å². The largest absolute Gasteiger partial charge is 0.368 e. The molecule has 1 aliphatic heterocycles.